The van der Waals surface area contributed by atoms with Gasteiger partial charge in [-0.15, -0.1) is 0 Å². The largest absolute Gasteiger partial charge is 0.476 e. The SMILES string of the molecule is CCC(C)OC(=S)S.[Na]. The minimum Gasteiger partial charge on any atom is -0.476 e. The Kier molecular flexibility index (Phi) is 10.5. The third kappa shape index (κ3) is 9.24. The standard InChI is InChI=1S/C5H10OS2.Na/c1-3-4(2)6-5(7)8;/h4H,3H2,1-2H3,(H,7,8);. The molecule has 0 N–H and O–H groups in total. The van der Waals surface area contributed by atoms with E-state index >= 15 is 0 Å². The number of hydrogen-bond donors (Lipinski definition) is 1. The van der Waals surface area contributed by atoms with E-state index in [1.807, 2.05) is 13.8 Å². The van der Waals surface area contributed by atoms with Crippen LogP contribution in [0.2, 0.25) is 0 Å². The Morgan fingerprint density at radius 1 is 1.78 bits per heavy atom. The Hall–Kier alpha value is 1.24. The fourth-order valence-electron chi connectivity index (χ4n) is 0.255. The van der Waals surface area contributed by atoms with Crippen LogP contribution in [0.3, 0.4) is 0 Å². The van der Waals surface area contributed by atoms with Crippen LogP contribution in [0.15, 0.2) is 0 Å². The fraction of sp³-hybridized carbons (Fsp3) is 0.800. The molecule has 0 aromatic heterocycles. The smallest absolute Gasteiger partial charge is 0.217 e. The van der Waals surface area contributed by atoms with Crippen LogP contribution in [0.1, 0.15) is 20.3 Å². The van der Waals surface area contributed by atoms with Crippen molar-refractivity contribution in [1.29, 1.82) is 0 Å². The normalized spacial score (nSPS) is 11.4. The summed E-state index contributed by atoms with van der Waals surface area (Å²) in [6, 6.07) is 0. The molecule has 0 aliphatic heterocycles. The minimum atomic E-state index is 0. The predicted molar refractivity (Wildman–Crippen MR) is 48.2 cm³/mol. The molecule has 1 radical (unpaired) electrons. The topological polar surface area (TPSA) is 9.23 Å². The summed E-state index contributed by atoms with van der Waals surface area (Å²) < 4.78 is 5.33. The third-order valence-electron chi connectivity index (χ3n) is 0.877. The van der Waals surface area contributed by atoms with Crippen LogP contribution in [-0.2, 0) is 4.74 Å². The molecule has 0 heterocycles. The van der Waals surface area contributed by atoms with Crippen molar-refractivity contribution in [3.05, 3.63) is 0 Å². The average molecular weight is 173 g/mol. The van der Waals surface area contributed by atoms with Gasteiger partial charge >= 0.3 is 0 Å². The van der Waals surface area contributed by atoms with Crippen LogP contribution in [0.4, 0.5) is 0 Å². The first-order valence-corrected chi connectivity index (χ1v) is 3.42. The second-order valence-electron chi connectivity index (χ2n) is 1.60. The monoisotopic (exact) mass is 173 g/mol. The van der Waals surface area contributed by atoms with Crippen molar-refractivity contribution >= 4 is 58.8 Å². The van der Waals surface area contributed by atoms with Crippen molar-refractivity contribution in [2.45, 2.75) is 26.4 Å². The maximum Gasteiger partial charge on any atom is 0.217 e. The van der Waals surface area contributed by atoms with Gasteiger partial charge in [0.15, 0.2) is 0 Å². The first kappa shape index (κ1) is 12.9. The molecular weight excluding hydrogens is 163 g/mol. The van der Waals surface area contributed by atoms with E-state index in [1.54, 1.807) is 0 Å². The minimum absolute atomic E-state index is 0. The first-order valence-electron chi connectivity index (χ1n) is 2.56. The summed E-state index contributed by atoms with van der Waals surface area (Å²) in [5, 5.41) is 0. The van der Waals surface area contributed by atoms with Crippen molar-refractivity contribution in [3.8, 4) is 0 Å². The van der Waals surface area contributed by atoms with Crippen LogP contribution in [0.5, 0.6) is 0 Å². The van der Waals surface area contributed by atoms with Gasteiger partial charge in [0.1, 0.15) is 0 Å². The van der Waals surface area contributed by atoms with Crippen LogP contribution in [-0.4, -0.2) is 40.0 Å². The van der Waals surface area contributed by atoms with Crippen LogP contribution in [0, 0.1) is 0 Å². The molecule has 0 amide bonds. The molecule has 0 aliphatic carbocycles. The molecule has 1 atom stereocenters. The summed E-state index contributed by atoms with van der Waals surface area (Å²) in [6.45, 7) is 4.00. The van der Waals surface area contributed by atoms with Gasteiger partial charge in [0.2, 0.25) is 4.38 Å². The molecule has 0 spiro atoms. The fourth-order valence-corrected chi connectivity index (χ4v) is 0.600. The van der Waals surface area contributed by atoms with Gasteiger partial charge in [-0.25, -0.2) is 0 Å². The van der Waals surface area contributed by atoms with E-state index < -0.39 is 0 Å². The zero-order valence-corrected chi connectivity index (χ0v) is 9.76. The van der Waals surface area contributed by atoms with Gasteiger partial charge in [0.05, 0.1) is 6.10 Å². The molecular formula is C5H10NaOS2. The summed E-state index contributed by atoms with van der Waals surface area (Å²) in [4.78, 5) is 0. The van der Waals surface area contributed by atoms with Crippen LogP contribution >= 0.6 is 24.8 Å². The molecule has 9 heavy (non-hydrogen) atoms. The molecule has 0 fully saturated rings. The van der Waals surface area contributed by atoms with E-state index in [-0.39, 0.29) is 35.7 Å². The number of thiocarbonyl (C=S) groups is 1. The van der Waals surface area contributed by atoms with Gasteiger partial charge in [-0.3, -0.25) is 0 Å². The van der Waals surface area contributed by atoms with E-state index in [9.17, 15) is 0 Å². The summed E-state index contributed by atoms with van der Waals surface area (Å²) in [6.07, 6.45) is 1.18. The molecule has 0 bridgehead atoms. The van der Waals surface area contributed by atoms with Gasteiger partial charge in [0, 0.05) is 29.6 Å². The summed E-state index contributed by atoms with van der Waals surface area (Å²) >= 11 is 8.38. The molecule has 0 aromatic rings. The zero-order chi connectivity index (χ0) is 6.57. The Morgan fingerprint density at radius 3 is 2.33 bits per heavy atom. The van der Waals surface area contributed by atoms with Crippen LogP contribution < -0.4 is 0 Å². The van der Waals surface area contributed by atoms with Gasteiger partial charge in [-0.1, -0.05) is 19.6 Å². The van der Waals surface area contributed by atoms with Gasteiger partial charge in [-0.05, 0) is 25.6 Å². The van der Waals surface area contributed by atoms with Gasteiger partial charge < -0.3 is 4.74 Å². The van der Waals surface area contributed by atoms with E-state index in [0.29, 0.717) is 4.38 Å². The van der Waals surface area contributed by atoms with E-state index in [2.05, 4.69) is 24.8 Å². The molecule has 49 valence electrons. The second kappa shape index (κ2) is 7.35. The molecule has 0 saturated heterocycles. The Bertz CT molecular complexity index is 87.0. The zero-order valence-electron chi connectivity index (χ0n) is 6.05. The maximum atomic E-state index is 4.99. The average Bonchev–Trinajstić information content (AvgIpc) is 1.65. The molecule has 0 aromatic carbocycles. The quantitative estimate of drug-likeness (QED) is 0.386. The molecule has 0 aliphatic rings. The molecule has 1 nitrogen and oxygen atoms in total. The second-order valence-corrected chi connectivity index (χ2v) is 2.68. The molecule has 0 saturated carbocycles. The van der Waals surface area contributed by atoms with E-state index in [0.717, 1.165) is 6.42 Å². The predicted octanol–water partition coefficient (Wildman–Crippen LogP) is 1.64. The van der Waals surface area contributed by atoms with Crippen molar-refractivity contribution in [2.24, 2.45) is 0 Å². The van der Waals surface area contributed by atoms with Gasteiger partial charge in [0.25, 0.3) is 0 Å². The maximum absolute atomic E-state index is 4.99. The summed E-state index contributed by atoms with van der Waals surface area (Å²) in [5.41, 5.74) is 0. The Morgan fingerprint density at radius 2 is 2.22 bits per heavy atom. The Labute approximate surface area is 89.2 Å². The summed E-state index contributed by atoms with van der Waals surface area (Å²) in [5.74, 6) is 0. The first-order chi connectivity index (χ1) is 3.66. The van der Waals surface area contributed by atoms with Crippen molar-refractivity contribution < 1.29 is 4.74 Å². The molecule has 1 unspecified atom stereocenters. The van der Waals surface area contributed by atoms with Crippen molar-refractivity contribution in [3.63, 3.8) is 0 Å². The van der Waals surface area contributed by atoms with Crippen molar-refractivity contribution in [2.75, 3.05) is 0 Å². The number of rotatable bonds is 2. The van der Waals surface area contributed by atoms with E-state index in [4.69, 9.17) is 4.74 Å². The molecule has 0 rings (SSSR count). The third-order valence-corrected chi connectivity index (χ3v) is 1.08. The van der Waals surface area contributed by atoms with Gasteiger partial charge in [-0.2, -0.15) is 0 Å². The summed E-state index contributed by atoms with van der Waals surface area (Å²) in [7, 11) is 0. The number of thiol groups is 1. The van der Waals surface area contributed by atoms with Crippen LogP contribution in [0.25, 0.3) is 0 Å². The number of ether oxygens (including phenoxy) is 1. The number of hydrogen-bond acceptors (Lipinski definition) is 2. The van der Waals surface area contributed by atoms with Crippen molar-refractivity contribution in [1.82, 2.24) is 0 Å². The Balaban J connectivity index is 0. The molecule has 4 heteroatoms. The van der Waals surface area contributed by atoms with E-state index in [1.165, 1.54) is 0 Å².